The average Bonchev–Trinajstić information content (AvgIpc) is 2.49. The third-order valence-corrected chi connectivity index (χ3v) is 4.09. The van der Waals surface area contributed by atoms with Crippen molar-refractivity contribution < 1.29 is 23.4 Å². The highest BCUT2D eigenvalue weighted by Crippen LogP contribution is 2.01. The minimum Gasteiger partial charge on any atom is -0.415 e. The van der Waals surface area contributed by atoms with Crippen LogP contribution in [0, 0.1) is 0 Å². The predicted octanol–water partition coefficient (Wildman–Crippen LogP) is 3.48. The van der Waals surface area contributed by atoms with Gasteiger partial charge in [0.25, 0.3) is 0 Å². The molecule has 0 aromatic rings. The van der Waals surface area contributed by atoms with Gasteiger partial charge in [-0.1, -0.05) is 26.2 Å². The lowest BCUT2D eigenvalue weighted by Gasteiger charge is -2.16. The van der Waals surface area contributed by atoms with Crippen LogP contribution in [0.15, 0.2) is 0 Å². The van der Waals surface area contributed by atoms with Gasteiger partial charge in [0.05, 0.1) is 52.9 Å². The quantitative estimate of drug-likeness (QED) is 0.280. The first-order chi connectivity index (χ1) is 11.1. The summed E-state index contributed by atoms with van der Waals surface area (Å²) in [6, 6.07) is 0. The summed E-state index contributed by atoms with van der Waals surface area (Å²) < 4.78 is 27.5. The second-order valence-electron chi connectivity index (χ2n) is 6.47. The highest BCUT2D eigenvalue weighted by molar-refractivity contribution is 6.69. The zero-order valence-electron chi connectivity index (χ0n) is 15.7. The van der Waals surface area contributed by atoms with E-state index in [0.29, 0.717) is 52.9 Å². The van der Waals surface area contributed by atoms with Crippen LogP contribution >= 0.6 is 0 Å². The Morgan fingerprint density at radius 2 is 0.957 bits per heavy atom. The predicted molar refractivity (Wildman–Crippen MR) is 96.7 cm³/mol. The molecular formula is C17H38O5Si. The smallest absolute Gasteiger partial charge is 0.183 e. The first kappa shape index (κ1) is 23.0. The van der Waals surface area contributed by atoms with Crippen molar-refractivity contribution in [2.75, 3.05) is 59.5 Å². The van der Waals surface area contributed by atoms with E-state index in [-0.39, 0.29) is 0 Å². The van der Waals surface area contributed by atoms with Crippen LogP contribution in [-0.2, 0) is 23.4 Å². The molecule has 0 rings (SSSR count). The highest BCUT2D eigenvalue weighted by atomic mass is 28.4. The molecule has 0 saturated heterocycles. The van der Waals surface area contributed by atoms with Crippen molar-refractivity contribution >= 4 is 8.32 Å². The molecule has 0 heterocycles. The zero-order valence-corrected chi connectivity index (χ0v) is 16.7. The lowest BCUT2D eigenvalue weighted by molar-refractivity contribution is -0.00511. The van der Waals surface area contributed by atoms with E-state index in [1.165, 1.54) is 19.3 Å². The van der Waals surface area contributed by atoms with Crippen LogP contribution in [0.3, 0.4) is 0 Å². The van der Waals surface area contributed by atoms with E-state index in [9.17, 15) is 0 Å². The third kappa shape index (κ3) is 22.0. The molecule has 0 unspecified atom stereocenters. The summed E-state index contributed by atoms with van der Waals surface area (Å²) in [7, 11) is -1.40. The Morgan fingerprint density at radius 3 is 1.39 bits per heavy atom. The van der Waals surface area contributed by atoms with Crippen molar-refractivity contribution in [2.45, 2.75) is 52.2 Å². The molecule has 0 bridgehead atoms. The maximum absolute atomic E-state index is 5.69. The fourth-order valence-corrected chi connectivity index (χ4v) is 2.50. The van der Waals surface area contributed by atoms with Crippen LogP contribution in [-0.4, -0.2) is 67.8 Å². The molecule has 0 aliphatic carbocycles. The first-order valence-electron chi connectivity index (χ1n) is 9.01. The van der Waals surface area contributed by atoms with Crippen molar-refractivity contribution in [2.24, 2.45) is 0 Å². The number of ether oxygens (including phenoxy) is 4. The van der Waals surface area contributed by atoms with Crippen molar-refractivity contribution in [3.63, 3.8) is 0 Å². The molecule has 23 heavy (non-hydrogen) atoms. The summed E-state index contributed by atoms with van der Waals surface area (Å²) in [5.41, 5.74) is 0. The van der Waals surface area contributed by atoms with E-state index < -0.39 is 8.32 Å². The Hall–Kier alpha value is 0.0169. The van der Waals surface area contributed by atoms with Crippen LogP contribution in [0.4, 0.5) is 0 Å². The van der Waals surface area contributed by atoms with E-state index in [4.69, 9.17) is 23.4 Å². The summed E-state index contributed by atoms with van der Waals surface area (Å²) in [6.07, 6.45) is 4.98. The van der Waals surface area contributed by atoms with E-state index in [2.05, 4.69) is 26.6 Å². The van der Waals surface area contributed by atoms with E-state index in [1.807, 2.05) is 0 Å². The molecule has 0 aromatic heterocycles. The lowest BCUT2D eigenvalue weighted by Crippen LogP contribution is -2.27. The molecule has 5 nitrogen and oxygen atoms in total. The zero-order chi connectivity index (χ0) is 17.2. The van der Waals surface area contributed by atoms with Gasteiger partial charge in [-0.05, 0) is 26.1 Å². The number of hydrogen-bond acceptors (Lipinski definition) is 5. The molecule has 0 aliphatic rings. The molecule has 6 heteroatoms. The van der Waals surface area contributed by atoms with Gasteiger partial charge in [-0.3, -0.25) is 0 Å². The van der Waals surface area contributed by atoms with Crippen molar-refractivity contribution in [3.8, 4) is 0 Å². The summed E-state index contributed by atoms with van der Waals surface area (Å²) in [6.45, 7) is 14.6. The van der Waals surface area contributed by atoms with Gasteiger partial charge in [0.15, 0.2) is 8.32 Å². The molecule has 140 valence electrons. The van der Waals surface area contributed by atoms with E-state index in [1.54, 1.807) is 0 Å². The van der Waals surface area contributed by atoms with Gasteiger partial charge in [-0.2, -0.15) is 0 Å². The second kappa shape index (κ2) is 16.9. The van der Waals surface area contributed by atoms with Crippen molar-refractivity contribution in [1.29, 1.82) is 0 Å². The molecule has 0 aromatic carbocycles. The van der Waals surface area contributed by atoms with Gasteiger partial charge in [-0.25, -0.2) is 0 Å². The molecule has 0 aliphatic heterocycles. The number of hydrogen-bond donors (Lipinski definition) is 0. The molecule has 0 fully saturated rings. The minimum atomic E-state index is -1.40. The van der Waals surface area contributed by atoms with Crippen LogP contribution in [0.25, 0.3) is 0 Å². The molecule has 0 atom stereocenters. The molecule has 0 spiro atoms. The molecule has 0 radical (unpaired) electrons. The van der Waals surface area contributed by atoms with E-state index >= 15 is 0 Å². The molecule has 0 N–H and O–H groups in total. The average molecular weight is 351 g/mol. The third-order valence-electron chi connectivity index (χ3n) is 3.02. The van der Waals surface area contributed by atoms with Crippen LogP contribution in [0.1, 0.15) is 32.6 Å². The topological polar surface area (TPSA) is 46.2 Å². The lowest BCUT2D eigenvalue weighted by atomic mass is 10.2. The van der Waals surface area contributed by atoms with Gasteiger partial charge < -0.3 is 23.4 Å². The largest absolute Gasteiger partial charge is 0.415 e. The standard InChI is InChI=1S/C17H38O5Si/c1-5-6-7-8-9-18-10-11-19-12-13-20-14-15-21-16-17-22-23(2,3)4/h5-17H2,1-4H3. The Morgan fingerprint density at radius 1 is 0.522 bits per heavy atom. The van der Waals surface area contributed by atoms with Crippen molar-refractivity contribution in [1.82, 2.24) is 0 Å². The summed E-state index contributed by atoms with van der Waals surface area (Å²) >= 11 is 0. The SMILES string of the molecule is CCCCCCOCCOCCOCCOCCO[Si](C)(C)C. The van der Waals surface area contributed by atoms with Gasteiger partial charge >= 0.3 is 0 Å². The number of unbranched alkanes of at least 4 members (excludes halogenated alkanes) is 3. The Bertz CT molecular complexity index is 234. The van der Waals surface area contributed by atoms with Gasteiger partial charge in [0.2, 0.25) is 0 Å². The fourth-order valence-electron chi connectivity index (χ4n) is 1.80. The highest BCUT2D eigenvalue weighted by Gasteiger charge is 2.12. The Balaban J connectivity index is 3.00. The first-order valence-corrected chi connectivity index (χ1v) is 12.4. The fraction of sp³-hybridized carbons (Fsp3) is 1.00. The van der Waals surface area contributed by atoms with Crippen LogP contribution in [0.5, 0.6) is 0 Å². The summed E-state index contributed by atoms with van der Waals surface area (Å²) in [5, 5.41) is 0. The maximum Gasteiger partial charge on any atom is 0.183 e. The molecule has 0 saturated carbocycles. The normalized spacial score (nSPS) is 12.0. The molecule has 0 amide bonds. The van der Waals surface area contributed by atoms with E-state index in [0.717, 1.165) is 13.0 Å². The van der Waals surface area contributed by atoms with Gasteiger partial charge in [0, 0.05) is 6.61 Å². The van der Waals surface area contributed by atoms with Gasteiger partial charge in [-0.15, -0.1) is 0 Å². The monoisotopic (exact) mass is 350 g/mol. The van der Waals surface area contributed by atoms with Crippen LogP contribution < -0.4 is 0 Å². The Labute approximate surface area is 144 Å². The Kier molecular flexibility index (Phi) is 16.9. The number of rotatable bonds is 18. The summed E-state index contributed by atoms with van der Waals surface area (Å²) in [4.78, 5) is 0. The second-order valence-corrected chi connectivity index (χ2v) is 11.0. The van der Waals surface area contributed by atoms with Crippen molar-refractivity contribution in [3.05, 3.63) is 0 Å². The van der Waals surface area contributed by atoms with Crippen LogP contribution in [0.2, 0.25) is 19.6 Å². The minimum absolute atomic E-state index is 0.601. The van der Waals surface area contributed by atoms with Gasteiger partial charge in [0.1, 0.15) is 0 Å². The maximum atomic E-state index is 5.69. The summed E-state index contributed by atoms with van der Waals surface area (Å²) in [5.74, 6) is 0. The molecular weight excluding hydrogens is 312 g/mol.